The first-order valence-electron chi connectivity index (χ1n) is 10.9. The number of aliphatic carboxylic acids is 1. The number of aromatic nitrogens is 2. The zero-order valence-electron chi connectivity index (χ0n) is 18.6. The molecule has 170 valence electrons. The number of nitrogens with zero attached hydrogens (tertiary/aromatic N) is 2. The van der Waals surface area contributed by atoms with Crippen molar-refractivity contribution >= 4 is 18.4 Å². The van der Waals surface area contributed by atoms with Crippen LogP contribution >= 0.6 is 12.4 Å². The fraction of sp³-hybridized carbons (Fsp3) is 0.400. The molecule has 1 heterocycles. The van der Waals surface area contributed by atoms with Gasteiger partial charge in [-0.3, -0.25) is 4.79 Å². The van der Waals surface area contributed by atoms with Gasteiger partial charge in [-0.05, 0) is 55.4 Å². The highest BCUT2D eigenvalue weighted by molar-refractivity contribution is 5.85. The van der Waals surface area contributed by atoms with Crippen molar-refractivity contribution in [1.29, 1.82) is 0 Å². The molecule has 2 N–H and O–H groups in total. The summed E-state index contributed by atoms with van der Waals surface area (Å²) >= 11 is 0. The molecular weight excluding hydrogens is 426 g/mol. The highest BCUT2D eigenvalue weighted by Crippen LogP contribution is 2.30. The number of carboxylic acid groups (broad SMARTS) is 1. The number of halogens is 1. The molecule has 7 heteroatoms. The van der Waals surface area contributed by atoms with Crippen molar-refractivity contribution in [3.8, 4) is 22.8 Å². The number of carbonyl (C=O) groups is 1. The number of carboxylic acids is 1. The van der Waals surface area contributed by atoms with Gasteiger partial charge in [0, 0.05) is 23.2 Å². The van der Waals surface area contributed by atoms with E-state index in [4.69, 9.17) is 9.63 Å². The van der Waals surface area contributed by atoms with Gasteiger partial charge in [-0.2, -0.15) is 4.98 Å². The molecule has 0 amide bonds. The average Bonchev–Trinajstić information content (AvgIpc) is 3.20. The molecule has 0 aliphatic heterocycles. The van der Waals surface area contributed by atoms with Gasteiger partial charge in [0.25, 0.3) is 5.89 Å². The van der Waals surface area contributed by atoms with Gasteiger partial charge in [0.2, 0.25) is 5.82 Å². The van der Waals surface area contributed by atoms with Gasteiger partial charge in [-0.25, -0.2) is 0 Å². The maximum atomic E-state index is 11.0. The summed E-state index contributed by atoms with van der Waals surface area (Å²) in [5.74, 6) is 0.809. The normalized spacial score (nSPS) is 18.6. The van der Waals surface area contributed by atoms with Crippen molar-refractivity contribution in [1.82, 2.24) is 15.5 Å². The number of benzene rings is 2. The van der Waals surface area contributed by atoms with Crippen LogP contribution in [0.5, 0.6) is 0 Å². The van der Waals surface area contributed by atoms with Gasteiger partial charge in [0.15, 0.2) is 0 Å². The van der Waals surface area contributed by atoms with E-state index < -0.39 is 5.97 Å². The van der Waals surface area contributed by atoms with Crippen LogP contribution in [-0.4, -0.2) is 27.3 Å². The number of hydrogen-bond acceptors (Lipinski definition) is 5. The lowest BCUT2D eigenvalue weighted by Gasteiger charge is -2.35. The first-order chi connectivity index (χ1) is 14.9. The van der Waals surface area contributed by atoms with E-state index in [0.29, 0.717) is 30.5 Å². The Hall–Kier alpha value is -2.70. The van der Waals surface area contributed by atoms with E-state index in [1.54, 1.807) is 0 Å². The van der Waals surface area contributed by atoms with Crippen molar-refractivity contribution in [3.63, 3.8) is 0 Å². The molecule has 0 unspecified atom stereocenters. The molecule has 1 fully saturated rings. The molecule has 1 saturated carbocycles. The molecule has 2 aromatic carbocycles. The molecule has 1 aromatic heterocycles. The van der Waals surface area contributed by atoms with E-state index in [9.17, 15) is 4.79 Å². The van der Waals surface area contributed by atoms with Gasteiger partial charge in [-0.15, -0.1) is 12.4 Å². The van der Waals surface area contributed by atoms with E-state index in [2.05, 4.69) is 60.5 Å². The van der Waals surface area contributed by atoms with Crippen LogP contribution in [0.3, 0.4) is 0 Å². The summed E-state index contributed by atoms with van der Waals surface area (Å²) < 4.78 is 5.49. The molecule has 0 bridgehead atoms. The van der Waals surface area contributed by atoms with Gasteiger partial charge in [-0.1, -0.05) is 55.4 Å². The van der Waals surface area contributed by atoms with E-state index in [0.717, 1.165) is 23.1 Å². The predicted octanol–water partition coefficient (Wildman–Crippen LogP) is 5.54. The van der Waals surface area contributed by atoms with Crippen molar-refractivity contribution in [2.45, 2.75) is 52.1 Å². The molecule has 4 rings (SSSR count). The zero-order chi connectivity index (χ0) is 22.0. The summed E-state index contributed by atoms with van der Waals surface area (Å²) in [4.78, 5) is 15.5. The Morgan fingerprint density at radius 1 is 1.06 bits per heavy atom. The fourth-order valence-corrected chi connectivity index (χ4v) is 4.04. The number of hydrogen-bond donors (Lipinski definition) is 2. The highest BCUT2D eigenvalue weighted by atomic mass is 35.5. The predicted molar refractivity (Wildman–Crippen MR) is 127 cm³/mol. The van der Waals surface area contributed by atoms with Crippen LogP contribution < -0.4 is 5.32 Å². The van der Waals surface area contributed by atoms with Crippen molar-refractivity contribution in [2.24, 2.45) is 11.8 Å². The van der Waals surface area contributed by atoms with Crippen molar-refractivity contribution in [3.05, 3.63) is 59.7 Å². The lowest BCUT2D eigenvalue weighted by Crippen LogP contribution is -2.45. The van der Waals surface area contributed by atoms with Gasteiger partial charge < -0.3 is 14.9 Å². The van der Waals surface area contributed by atoms with Crippen LogP contribution in [0.1, 0.15) is 50.8 Å². The second-order valence-corrected chi connectivity index (χ2v) is 8.93. The highest BCUT2D eigenvalue weighted by Gasteiger charge is 2.34. The minimum Gasteiger partial charge on any atom is -0.481 e. The SMILES string of the molecule is CC(C)Cc1ccc(-c2nc(-c3ccc([C@H](C)NC4CC(C(=O)O)C4)cc3)no2)cc1.Cl. The standard InChI is InChI=1S/C25H29N3O3.ClH/c1-15(2)12-17-4-6-20(7-5-17)24-27-23(28-31-24)19-10-8-18(9-11-19)16(3)26-22-13-21(14-22)25(29)30;/h4-11,15-16,21-22,26H,12-14H2,1-3H3,(H,29,30);1H/t16-,21?,22?;/m0./s1. The quantitative estimate of drug-likeness (QED) is 0.463. The van der Waals surface area contributed by atoms with Crippen molar-refractivity contribution < 1.29 is 14.4 Å². The molecular formula is C25H30ClN3O3. The molecule has 1 atom stereocenters. The van der Waals surface area contributed by atoms with E-state index in [1.807, 2.05) is 24.3 Å². The number of nitrogens with one attached hydrogen (secondary N) is 1. The Balaban J connectivity index is 0.00000289. The largest absolute Gasteiger partial charge is 0.481 e. The maximum Gasteiger partial charge on any atom is 0.306 e. The molecule has 1 aliphatic rings. The molecule has 3 aromatic rings. The smallest absolute Gasteiger partial charge is 0.306 e. The first kappa shape index (κ1) is 24.0. The summed E-state index contributed by atoms with van der Waals surface area (Å²) in [5, 5.41) is 16.7. The summed E-state index contributed by atoms with van der Waals surface area (Å²) in [5.41, 5.74) is 4.27. The minimum absolute atomic E-state index is 0. The van der Waals surface area contributed by atoms with Gasteiger partial charge >= 0.3 is 5.97 Å². The molecule has 6 nitrogen and oxygen atoms in total. The molecule has 0 spiro atoms. The first-order valence-corrected chi connectivity index (χ1v) is 10.9. The summed E-state index contributed by atoms with van der Waals surface area (Å²) in [7, 11) is 0. The number of rotatable bonds is 8. The van der Waals surface area contributed by atoms with Gasteiger partial charge in [0.05, 0.1) is 5.92 Å². The zero-order valence-corrected chi connectivity index (χ0v) is 19.4. The Kier molecular flexibility index (Phi) is 7.69. The van der Waals surface area contributed by atoms with Crippen LogP contribution in [0.4, 0.5) is 0 Å². The van der Waals surface area contributed by atoms with Crippen LogP contribution in [0.25, 0.3) is 22.8 Å². The monoisotopic (exact) mass is 455 g/mol. The second-order valence-electron chi connectivity index (χ2n) is 8.93. The Morgan fingerprint density at radius 3 is 2.28 bits per heavy atom. The lowest BCUT2D eigenvalue weighted by molar-refractivity contribution is -0.145. The van der Waals surface area contributed by atoms with Crippen LogP contribution in [0.2, 0.25) is 0 Å². The van der Waals surface area contributed by atoms with Crippen LogP contribution in [-0.2, 0) is 11.2 Å². The van der Waals surface area contributed by atoms with E-state index in [-0.39, 0.29) is 30.4 Å². The van der Waals surface area contributed by atoms with Crippen LogP contribution in [0, 0.1) is 11.8 Å². The van der Waals surface area contributed by atoms with E-state index >= 15 is 0 Å². The Morgan fingerprint density at radius 2 is 1.69 bits per heavy atom. The topological polar surface area (TPSA) is 88.2 Å². The van der Waals surface area contributed by atoms with Crippen molar-refractivity contribution in [2.75, 3.05) is 0 Å². The summed E-state index contributed by atoms with van der Waals surface area (Å²) in [6.45, 7) is 6.52. The van der Waals surface area contributed by atoms with Crippen LogP contribution in [0.15, 0.2) is 53.1 Å². The third kappa shape index (κ3) is 5.56. The molecule has 0 radical (unpaired) electrons. The third-order valence-electron chi connectivity index (χ3n) is 5.91. The molecule has 32 heavy (non-hydrogen) atoms. The average molecular weight is 456 g/mol. The van der Waals surface area contributed by atoms with E-state index in [1.165, 1.54) is 5.56 Å². The molecule has 0 saturated heterocycles. The lowest BCUT2D eigenvalue weighted by atomic mass is 9.80. The van der Waals surface area contributed by atoms with Gasteiger partial charge in [0.1, 0.15) is 0 Å². The third-order valence-corrected chi connectivity index (χ3v) is 5.91. The fourth-order valence-electron chi connectivity index (χ4n) is 4.04. The summed E-state index contributed by atoms with van der Waals surface area (Å²) in [6, 6.07) is 16.8. The Bertz CT molecular complexity index is 1030. The maximum absolute atomic E-state index is 11.0. The molecule has 1 aliphatic carbocycles. The Labute approximate surface area is 194 Å². The second kappa shape index (κ2) is 10.3. The summed E-state index contributed by atoms with van der Waals surface area (Å²) in [6.07, 6.45) is 2.44. The minimum atomic E-state index is -0.693.